The summed E-state index contributed by atoms with van der Waals surface area (Å²) >= 11 is 1.63. The lowest BCUT2D eigenvalue weighted by Crippen LogP contribution is -2.34. The molecule has 0 unspecified atom stereocenters. The topological polar surface area (TPSA) is 82.6 Å². The summed E-state index contributed by atoms with van der Waals surface area (Å²) in [5.74, 6) is 1.19. The van der Waals surface area contributed by atoms with Gasteiger partial charge in [-0.15, -0.1) is 11.3 Å². The third-order valence-electron chi connectivity index (χ3n) is 4.41. The minimum atomic E-state index is 0.369. The zero-order chi connectivity index (χ0) is 17.1. The average Bonchev–Trinajstić information content (AvgIpc) is 3.27. The van der Waals surface area contributed by atoms with Crippen molar-refractivity contribution in [2.45, 2.75) is 32.2 Å². The molecule has 1 aliphatic heterocycles. The highest BCUT2D eigenvalue weighted by Gasteiger charge is 2.25. The number of aromatic amines is 1. The molecule has 25 heavy (non-hydrogen) atoms. The van der Waals surface area contributed by atoms with Crippen LogP contribution in [0.2, 0.25) is 0 Å². The smallest absolute Gasteiger partial charge is 0.188 e. The Labute approximate surface area is 150 Å². The van der Waals surface area contributed by atoms with Gasteiger partial charge in [-0.25, -0.2) is 15.0 Å². The SMILES string of the molecule is Cc1cnc(Nc2nccnc2[C@H]2CCCN(Cc3cnc[nH]3)C2)s1. The molecule has 130 valence electrons. The second-order valence-corrected chi connectivity index (χ2v) is 7.58. The normalized spacial score (nSPS) is 18.4. The van der Waals surface area contributed by atoms with Gasteiger partial charge in [-0.3, -0.25) is 9.88 Å². The summed E-state index contributed by atoms with van der Waals surface area (Å²) in [6.45, 7) is 5.02. The fourth-order valence-electron chi connectivity index (χ4n) is 3.29. The molecule has 4 heterocycles. The lowest BCUT2D eigenvalue weighted by molar-refractivity contribution is 0.197. The van der Waals surface area contributed by atoms with Crippen LogP contribution in [0.15, 0.2) is 31.1 Å². The van der Waals surface area contributed by atoms with E-state index in [0.717, 1.165) is 54.8 Å². The molecule has 0 aromatic carbocycles. The molecule has 0 amide bonds. The van der Waals surface area contributed by atoms with Gasteiger partial charge in [0.05, 0.1) is 12.0 Å². The molecule has 0 spiro atoms. The Kier molecular flexibility index (Phi) is 4.71. The molecule has 1 atom stereocenters. The lowest BCUT2D eigenvalue weighted by Gasteiger charge is -2.32. The van der Waals surface area contributed by atoms with Gasteiger partial charge >= 0.3 is 0 Å². The Hall–Kier alpha value is -2.32. The Morgan fingerprint density at radius 2 is 2.20 bits per heavy atom. The van der Waals surface area contributed by atoms with Crippen molar-refractivity contribution in [3.05, 3.63) is 47.4 Å². The van der Waals surface area contributed by atoms with Crippen LogP contribution in [0.4, 0.5) is 10.9 Å². The van der Waals surface area contributed by atoms with Gasteiger partial charge in [-0.1, -0.05) is 0 Å². The highest BCUT2D eigenvalue weighted by atomic mass is 32.1. The number of hydrogen-bond acceptors (Lipinski definition) is 7. The number of aromatic nitrogens is 5. The van der Waals surface area contributed by atoms with Crippen molar-refractivity contribution in [2.75, 3.05) is 18.4 Å². The van der Waals surface area contributed by atoms with E-state index < -0.39 is 0 Å². The summed E-state index contributed by atoms with van der Waals surface area (Å²) in [6, 6.07) is 0. The maximum absolute atomic E-state index is 4.64. The van der Waals surface area contributed by atoms with E-state index in [-0.39, 0.29) is 0 Å². The van der Waals surface area contributed by atoms with Crippen LogP contribution < -0.4 is 5.32 Å². The van der Waals surface area contributed by atoms with Gasteiger partial charge in [-0.05, 0) is 26.3 Å². The number of rotatable bonds is 5. The van der Waals surface area contributed by atoms with Gasteiger partial charge in [0.25, 0.3) is 0 Å². The monoisotopic (exact) mass is 355 g/mol. The van der Waals surface area contributed by atoms with Crippen molar-refractivity contribution in [3.63, 3.8) is 0 Å². The first kappa shape index (κ1) is 16.2. The largest absolute Gasteiger partial charge is 0.347 e. The van der Waals surface area contributed by atoms with Crippen molar-refractivity contribution in [1.29, 1.82) is 0 Å². The minimum Gasteiger partial charge on any atom is -0.347 e. The van der Waals surface area contributed by atoms with E-state index in [9.17, 15) is 0 Å². The summed E-state index contributed by atoms with van der Waals surface area (Å²) in [5.41, 5.74) is 2.18. The van der Waals surface area contributed by atoms with Crippen molar-refractivity contribution in [2.24, 2.45) is 0 Å². The number of hydrogen-bond donors (Lipinski definition) is 2. The number of aryl methyl sites for hydroxylation is 1. The zero-order valence-electron chi connectivity index (χ0n) is 14.1. The van der Waals surface area contributed by atoms with Crippen LogP contribution in [0.25, 0.3) is 0 Å². The van der Waals surface area contributed by atoms with E-state index in [1.165, 1.54) is 4.88 Å². The molecular formula is C17H21N7S. The van der Waals surface area contributed by atoms with Crippen molar-refractivity contribution >= 4 is 22.3 Å². The predicted octanol–water partition coefficient (Wildman–Crippen LogP) is 3.09. The summed E-state index contributed by atoms with van der Waals surface area (Å²) in [5, 5.41) is 4.22. The number of thiazole rings is 1. The van der Waals surface area contributed by atoms with E-state index in [2.05, 4.69) is 42.1 Å². The molecule has 2 N–H and O–H groups in total. The molecular weight excluding hydrogens is 334 g/mol. The molecule has 8 heteroatoms. The molecule has 3 aromatic rings. The molecule has 0 bridgehead atoms. The third kappa shape index (κ3) is 3.85. The maximum Gasteiger partial charge on any atom is 0.188 e. The third-order valence-corrected chi connectivity index (χ3v) is 5.24. The van der Waals surface area contributed by atoms with E-state index in [1.54, 1.807) is 30.1 Å². The standard InChI is InChI=1S/C17H21N7S/c1-12-7-21-17(25-12)23-16-15(19-4-5-20-16)13-3-2-6-24(9-13)10-14-8-18-11-22-14/h4-5,7-8,11,13H,2-3,6,9-10H2,1H3,(H,18,22)(H,20,21,23)/t13-/m0/s1. The average molecular weight is 355 g/mol. The van der Waals surface area contributed by atoms with Crippen LogP contribution in [0.1, 0.15) is 35.0 Å². The molecule has 3 aromatic heterocycles. The number of anilines is 2. The van der Waals surface area contributed by atoms with Crippen LogP contribution in [0.3, 0.4) is 0 Å². The van der Waals surface area contributed by atoms with Crippen LogP contribution in [-0.2, 0) is 6.54 Å². The maximum atomic E-state index is 4.64. The highest BCUT2D eigenvalue weighted by Crippen LogP contribution is 2.31. The lowest BCUT2D eigenvalue weighted by atomic mass is 9.94. The molecule has 0 radical (unpaired) electrons. The predicted molar refractivity (Wildman–Crippen MR) is 98.0 cm³/mol. The zero-order valence-corrected chi connectivity index (χ0v) is 15.0. The van der Waals surface area contributed by atoms with E-state index in [0.29, 0.717) is 5.92 Å². The summed E-state index contributed by atoms with van der Waals surface area (Å²) in [6.07, 6.45) is 11.3. The van der Waals surface area contributed by atoms with Gasteiger partial charge in [0.1, 0.15) is 0 Å². The summed E-state index contributed by atoms with van der Waals surface area (Å²) in [7, 11) is 0. The molecule has 0 aliphatic carbocycles. The Morgan fingerprint density at radius 1 is 1.28 bits per heavy atom. The second-order valence-electron chi connectivity index (χ2n) is 6.34. The number of likely N-dealkylation sites (tertiary alicyclic amines) is 1. The molecule has 0 saturated carbocycles. The van der Waals surface area contributed by atoms with Gasteiger partial charge in [0.2, 0.25) is 0 Å². The van der Waals surface area contributed by atoms with Crippen molar-refractivity contribution < 1.29 is 0 Å². The summed E-state index contributed by atoms with van der Waals surface area (Å²) in [4.78, 5) is 24.5. The van der Waals surface area contributed by atoms with Crippen molar-refractivity contribution in [3.8, 4) is 0 Å². The van der Waals surface area contributed by atoms with Crippen LogP contribution >= 0.6 is 11.3 Å². The van der Waals surface area contributed by atoms with E-state index in [4.69, 9.17) is 0 Å². The van der Waals surface area contributed by atoms with Gasteiger partial charge < -0.3 is 10.3 Å². The molecule has 4 rings (SSSR count). The fourth-order valence-corrected chi connectivity index (χ4v) is 3.96. The first-order valence-electron chi connectivity index (χ1n) is 8.48. The molecule has 1 fully saturated rings. The van der Waals surface area contributed by atoms with Gasteiger partial charge in [-0.2, -0.15) is 0 Å². The minimum absolute atomic E-state index is 0.369. The Bertz CT molecular complexity index is 814. The van der Waals surface area contributed by atoms with Gasteiger partial charge in [0.15, 0.2) is 10.9 Å². The van der Waals surface area contributed by atoms with Crippen LogP contribution in [0.5, 0.6) is 0 Å². The number of nitrogens with zero attached hydrogens (tertiary/aromatic N) is 5. The van der Waals surface area contributed by atoms with Gasteiger partial charge in [0, 0.05) is 54.4 Å². The number of imidazole rings is 1. The van der Waals surface area contributed by atoms with Crippen LogP contribution in [0, 0.1) is 6.92 Å². The first-order chi connectivity index (χ1) is 12.3. The highest BCUT2D eigenvalue weighted by molar-refractivity contribution is 7.15. The molecule has 1 saturated heterocycles. The first-order valence-corrected chi connectivity index (χ1v) is 9.29. The fraction of sp³-hybridized carbons (Fsp3) is 0.412. The Balaban J connectivity index is 1.50. The number of nitrogens with one attached hydrogen (secondary N) is 2. The number of piperidine rings is 1. The Morgan fingerprint density at radius 3 is 3.00 bits per heavy atom. The second kappa shape index (κ2) is 7.28. The van der Waals surface area contributed by atoms with Crippen LogP contribution in [-0.4, -0.2) is 42.9 Å². The van der Waals surface area contributed by atoms with E-state index >= 15 is 0 Å². The number of H-pyrrole nitrogens is 1. The van der Waals surface area contributed by atoms with E-state index in [1.807, 2.05) is 12.4 Å². The molecule has 1 aliphatic rings. The molecule has 7 nitrogen and oxygen atoms in total. The summed E-state index contributed by atoms with van der Waals surface area (Å²) < 4.78 is 0. The quantitative estimate of drug-likeness (QED) is 0.732. The van der Waals surface area contributed by atoms with Crippen molar-refractivity contribution in [1.82, 2.24) is 29.8 Å².